The summed E-state index contributed by atoms with van der Waals surface area (Å²) in [5.41, 5.74) is -0.146. The van der Waals surface area contributed by atoms with Crippen molar-refractivity contribution in [2.75, 3.05) is 13.1 Å². The van der Waals surface area contributed by atoms with E-state index in [-0.39, 0.29) is 23.7 Å². The lowest BCUT2D eigenvalue weighted by Gasteiger charge is -2.22. The molecule has 1 amide bonds. The monoisotopic (exact) mass is 327 g/mol. The molecule has 0 aliphatic carbocycles. The number of aromatic nitrogens is 1. The van der Waals surface area contributed by atoms with Gasteiger partial charge in [-0.25, -0.2) is 13.6 Å². The van der Waals surface area contributed by atoms with Crippen LogP contribution in [0.4, 0.5) is 13.2 Å². The van der Waals surface area contributed by atoms with Crippen LogP contribution in [0.1, 0.15) is 24.3 Å². The van der Waals surface area contributed by atoms with E-state index in [2.05, 4.69) is 0 Å². The van der Waals surface area contributed by atoms with Gasteiger partial charge in [-0.2, -0.15) is 13.2 Å². The van der Waals surface area contributed by atoms with Gasteiger partial charge in [0.15, 0.2) is 0 Å². The first-order valence-corrected chi connectivity index (χ1v) is 7.63. The molecule has 0 saturated carbocycles. The Morgan fingerprint density at radius 2 is 1.95 bits per heavy atom. The van der Waals surface area contributed by atoms with Gasteiger partial charge in [0.2, 0.25) is 10.0 Å². The zero-order valence-corrected chi connectivity index (χ0v) is 12.3. The Labute approximate surface area is 120 Å². The highest BCUT2D eigenvalue weighted by atomic mass is 32.2. The summed E-state index contributed by atoms with van der Waals surface area (Å²) in [4.78, 5) is 12.4. The first kappa shape index (κ1) is 17.5. The predicted octanol–water partition coefficient (Wildman–Crippen LogP) is 1.18. The first-order valence-electron chi connectivity index (χ1n) is 6.08. The third-order valence-corrected chi connectivity index (χ3v) is 3.68. The summed E-state index contributed by atoms with van der Waals surface area (Å²) in [7, 11) is -4.03. The normalized spacial score (nSPS) is 12.5. The Balaban J connectivity index is 3.19. The fourth-order valence-corrected chi connectivity index (χ4v) is 2.34. The highest BCUT2D eigenvalue weighted by molar-refractivity contribution is 7.89. The molecule has 0 aliphatic heterocycles. The maximum absolute atomic E-state index is 12.4. The molecule has 10 heteroatoms. The number of carbonyl (C=O) groups excluding carboxylic acids is 1. The predicted molar refractivity (Wildman–Crippen MR) is 69.1 cm³/mol. The fourth-order valence-electron chi connectivity index (χ4n) is 1.79. The van der Waals surface area contributed by atoms with Gasteiger partial charge >= 0.3 is 6.18 Å². The average molecular weight is 327 g/mol. The molecule has 0 spiro atoms. The van der Waals surface area contributed by atoms with E-state index in [1.807, 2.05) is 0 Å². The van der Waals surface area contributed by atoms with Gasteiger partial charge in [0.1, 0.15) is 17.1 Å². The number of aryl methyl sites for hydroxylation is 1. The summed E-state index contributed by atoms with van der Waals surface area (Å²) in [6, 6.07) is 0.986. The van der Waals surface area contributed by atoms with Gasteiger partial charge in [-0.1, -0.05) is 0 Å². The van der Waals surface area contributed by atoms with Gasteiger partial charge in [-0.05, 0) is 19.9 Å². The van der Waals surface area contributed by atoms with Crippen LogP contribution in [0.3, 0.4) is 0 Å². The van der Waals surface area contributed by atoms with Crippen molar-refractivity contribution in [2.24, 2.45) is 5.14 Å². The van der Waals surface area contributed by atoms with Crippen molar-refractivity contribution in [3.05, 3.63) is 18.0 Å². The zero-order valence-electron chi connectivity index (χ0n) is 11.5. The molecule has 0 unspecified atom stereocenters. The summed E-state index contributed by atoms with van der Waals surface area (Å²) in [6.07, 6.45) is -3.40. The Morgan fingerprint density at radius 1 is 1.38 bits per heavy atom. The van der Waals surface area contributed by atoms with Crippen LogP contribution in [-0.4, -0.2) is 43.1 Å². The lowest BCUT2D eigenvalue weighted by atomic mass is 10.3. The number of amides is 1. The molecule has 0 atom stereocenters. The number of hydrogen-bond donors (Lipinski definition) is 1. The zero-order chi connectivity index (χ0) is 16.4. The van der Waals surface area contributed by atoms with Gasteiger partial charge in [-0.3, -0.25) is 4.79 Å². The lowest BCUT2D eigenvalue weighted by molar-refractivity contribution is -0.140. The molecule has 0 aliphatic rings. The highest BCUT2D eigenvalue weighted by Gasteiger charge is 2.33. The number of hydrogen-bond acceptors (Lipinski definition) is 3. The van der Waals surface area contributed by atoms with Crippen molar-refractivity contribution >= 4 is 15.9 Å². The maximum atomic E-state index is 12.4. The van der Waals surface area contributed by atoms with Crippen LogP contribution < -0.4 is 5.14 Å². The summed E-state index contributed by atoms with van der Waals surface area (Å²) < 4.78 is 61.1. The SMILES string of the molecule is CCN(CC(F)(F)F)C(=O)c1cc(S(N)(=O)=O)cn1CC. The van der Waals surface area contributed by atoms with E-state index in [1.165, 1.54) is 11.5 Å². The van der Waals surface area contributed by atoms with E-state index in [9.17, 15) is 26.4 Å². The summed E-state index contributed by atoms with van der Waals surface area (Å²) in [5, 5.41) is 4.96. The number of alkyl halides is 3. The molecular formula is C11H16F3N3O3S. The Bertz CT molecular complexity index is 622. The summed E-state index contributed by atoms with van der Waals surface area (Å²) in [5.74, 6) is -0.897. The third-order valence-electron chi connectivity index (χ3n) is 2.80. The number of sulfonamides is 1. The second-order valence-corrected chi connectivity index (χ2v) is 5.89. The minimum atomic E-state index is -4.53. The number of nitrogens with two attached hydrogens (primary N) is 1. The minimum Gasteiger partial charge on any atom is -0.342 e. The van der Waals surface area contributed by atoms with E-state index >= 15 is 0 Å². The third kappa shape index (κ3) is 4.46. The number of rotatable bonds is 5. The van der Waals surface area contributed by atoms with Crippen LogP contribution >= 0.6 is 0 Å². The largest absolute Gasteiger partial charge is 0.406 e. The molecule has 0 bridgehead atoms. The van der Waals surface area contributed by atoms with Crippen molar-refractivity contribution in [3.8, 4) is 0 Å². The van der Waals surface area contributed by atoms with Crippen LogP contribution in [0.25, 0.3) is 0 Å². The van der Waals surface area contributed by atoms with Gasteiger partial charge in [0, 0.05) is 19.3 Å². The number of carbonyl (C=O) groups is 1. The molecule has 1 aromatic rings. The molecule has 0 saturated heterocycles. The average Bonchev–Trinajstić information content (AvgIpc) is 2.77. The molecule has 1 heterocycles. The molecule has 0 aromatic carbocycles. The van der Waals surface area contributed by atoms with E-state index < -0.39 is 28.7 Å². The Hall–Kier alpha value is -1.55. The number of halogens is 3. The molecule has 0 fully saturated rings. The van der Waals surface area contributed by atoms with Crippen molar-refractivity contribution in [2.45, 2.75) is 31.5 Å². The molecular weight excluding hydrogens is 311 g/mol. The number of nitrogens with zero attached hydrogens (tertiary/aromatic N) is 2. The maximum Gasteiger partial charge on any atom is 0.406 e. The highest BCUT2D eigenvalue weighted by Crippen LogP contribution is 2.20. The van der Waals surface area contributed by atoms with Crippen LogP contribution in [0.2, 0.25) is 0 Å². The summed E-state index contributed by atoms with van der Waals surface area (Å²) >= 11 is 0. The van der Waals surface area contributed by atoms with Crippen molar-refractivity contribution < 1.29 is 26.4 Å². The lowest BCUT2D eigenvalue weighted by Crippen LogP contribution is -2.39. The molecule has 0 radical (unpaired) electrons. The second kappa shape index (κ2) is 6.06. The van der Waals surface area contributed by atoms with Gasteiger partial charge < -0.3 is 9.47 Å². The van der Waals surface area contributed by atoms with E-state index in [0.29, 0.717) is 4.90 Å². The van der Waals surface area contributed by atoms with Crippen LogP contribution in [0, 0.1) is 0 Å². The first-order chi connectivity index (χ1) is 9.49. The van der Waals surface area contributed by atoms with Gasteiger partial charge in [0.05, 0.1) is 0 Å². The fraction of sp³-hybridized carbons (Fsp3) is 0.545. The minimum absolute atomic E-state index is 0.146. The van der Waals surface area contributed by atoms with Crippen LogP contribution in [0.5, 0.6) is 0 Å². The molecule has 1 rings (SSSR count). The number of primary sulfonamides is 1. The molecule has 21 heavy (non-hydrogen) atoms. The van der Waals surface area contributed by atoms with E-state index in [4.69, 9.17) is 5.14 Å². The molecule has 2 N–H and O–H groups in total. The Morgan fingerprint density at radius 3 is 2.33 bits per heavy atom. The van der Waals surface area contributed by atoms with E-state index in [1.54, 1.807) is 6.92 Å². The molecule has 6 nitrogen and oxygen atoms in total. The van der Waals surface area contributed by atoms with Gasteiger partial charge in [-0.15, -0.1) is 0 Å². The van der Waals surface area contributed by atoms with Crippen LogP contribution in [-0.2, 0) is 16.6 Å². The second-order valence-electron chi connectivity index (χ2n) is 4.33. The van der Waals surface area contributed by atoms with Crippen molar-refractivity contribution in [1.29, 1.82) is 0 Å². The van der Waals surface area contributed by atoms with Gasteiger partial charge in [0.25, 0.3) is 5.91 Å². The standard InChI is InChI=1S/C11H16F3N3O3S/c1-3-16-6-8(21(15,19)20)5-9(16)10(18)17(4-2)7-11(12,13)14/h5-6H,3-4,7H2,1-2H3,(H2,15,19,20). The topological polar surface area (TPSA) is 85.4 Å². The summed E-state index contributed by atoms with van der Waals surface area (Å²) in [6.45, 7) is 1.70. The van der Waals surface area contributed by atoms with E-state index in [0.717, 1.165) is 12.3 Å². The smallest absolute Gasteiger partial charge is 0.342 e. The molecule has 120 valence electrons. The molecule has 1 aromatic heterocycles. The Kier molecular flexibility index (Phi) is 5.05. The van der Waals surface area contributed by atoms with Crippen molar-refractivity contribution in [1.82, 2.24) is 9.47 Å². The van der Waals surface area contributed by atoms with Crippen molar-refractivity contribution in [3.63, 3.8) is 0 Å². The van der Waals surface area contributed by atoms with Crippen LogP contribution in [0.15, 0.2) is 17.2 Å². The quantitative estimate of drug-likeness (QED) is 0.881.